The molecule has 1 aromatic heterocycles. The summed E-state index contributed by atoms with van der Waals surface area (Å²) in [4.78, 5) is 17.4. The third kappa shape index (κ3) is 3.62. The van der Waals surface area contributed by atoms with Gasteiger partial charge in [-0.15, -0.1) is 0 Å². The lowest BCUT2D eigenvalue weighted by Gasteiger charge is -2.31. The van der Waals surface area contributed by atoms with E-state index in [9.17, 15) is 4.79 Å². The van der Waals surface area contributed by atoms with Gasteiger partial charge in [0.05, 0.1) is 11.6 Å². The van der Waals surface area contributed by atoms with E-state index in [1.807, 2.05) is 0 Å². The zero-order chi connectivity index (χ0) is 18.7. The van der Waals surface area contributed by atoms with E-state index in [2.05, 4.69) is 10.1 Å². The van der Waals surface area contributed by atoms with Gasteiger partial charge in [0.25, 0.3) is 0 Å². The van der Waals surface area contributed by atoms with Crippen LogP contribution in [0.3, 0.4) is 0 Å². The first kappa shape index (κ1) is 18.9. The number of ether oxygens (including phenoxy) is 1. The zero-order valence-electron chi connectivity index (χ0n) is 13.7. The average molecular weight is 411 g/mol. The number of methoxy groups -OCH3 is 1. The molecule has 0 spiro atoms. The Kier molecular flexibility index (Phi) is 5.63. The normalized spacial score (nSPS) is 13.4. The Morgan fingerprint density at radius 1 is 1.12 bits per heavy atom. The number of benzene rings is 2. The third-order valence-corrected chi connectivity index (χ3v) is 4.85. The standard InChI is InChI=1S/C18H14Cl3N3O2/c1-26-18(9-24-11-22-10-23-24,12-2-4-13(19)5-3-12)17(25)15-7-6-14(20)8-16(15)21/h2-8,10-11H,9H2,1H3. The van der Waals surface area contributed by atoms with Crippen LogP contribution in [0.4, 0.5) is 0 Å². The van der Waals surface area contributed by atoms with E-state index >= 15 is 0 Å². The zero-order valence-corrected chi connectivity index (χ0v) is 16.0. The molecule has 0 bridgehead atoms. The van der Waals surface area contributed by atoms with Crippen LogP contribution in [0.2, 0.25) is 15.1 Å². The lowest BCUT2D eigenvalue weighted by atomic mass is 9.85. The quantitative estimate of drug-likeness (QED) is 0.554. The summed E-state index contributed by atoms with van der Waals surface area (Å²) in [7, 11) is 1.47. The Bertz CT molecular complexity index is 914. The fourth-order valence-corrected chi connectivity index (χ4v) is 3.34. The molecule has 0 aliphatic rings. The Morgan fingerprint density at radius 3 is 2.38 bits per heavy atom. The highest BCUT2D eigenvalue weighted by Crippen LogP contribution is 2.35. The molecule has 3 aromatic rings. The van der Waals surface area contributed by atoms with E-state index in [-0.39, 0.29) is 17.4 Å². The van der Waals surface area contributed by atoms with E-state index < -0.39 is 5.60 Å². The van der Waals surface area contributed by atoms with Gasteiger partial charge >= 0.3 is 0 Å². The van der Waals surface area contributed by atoms with E-state index in [0.29, 0.717) is 21.2 Å². The van der Waals surface area contributed by atoms with Crippen molar-refractivity contribution in [2.45, 2.75) is 12.1 Å². The largest absolute Gasteiger partial charge is 0.363 e. The Labute approximate surface area is 165 Å². The number of aromatic nitrogens is 3. The maximum Gasteiger partial charge on any atom is 0.202 e. The third-order valence-electron chi connectivity index (χ3n) is 4.05. The van der Waals surface area contributed by atoms with Crippen molar-refractivity contribution in [2.24, 2.45) is 0 Å². The molecule has 1 heterocycles. The molecule has 26 heavy (non-hydrogen) atoms. The predicted molar refractivity (Wildman–Crippen MR) is 101 cm³/mol. The molecule has 134 valence electrons. The number of hydrogen-bond acceptors (Lipinski definition) is 4. The van der Waals surface area contributed by atoms with Crippen molar-refractivity contribution in [3.63, 3.8) is 0 Å². The molecule has 0 N–H and O–H groups in total. The number of carbonyl (C=O) groups is 1. The van der Waals surface area contributed by atoms with Crippen molar-refractivity contribution in [2.75, 3.05) is 7.11 Å². The van der Waals surface area contributed by atoms with Crippen molar-refractivity contribution in [1.82, 2.24) is 14.8 Å². The van der Waals surface area contributed by atoms with Crippen LogP contribution in [0.25, 0.3) is 0 Å². The number of nitrogens with zero attached hydrogens (tertiary/aromatic N) is 3. The first-order valence-corrected chi connectivity index (χ1v) is 8.73. The molecular weight excluding hydrogens is 397 g/mol. The van der Waals surface area contributed by atoms with Crippen molar-refractivity contribution in [3.05, 3.63) is 81.3 Å². The van der Waals surface area contributed by atoms with Gasteiger partial charge in [0.15, 0.2) is 5.60 Å². The number of carbonyl (C=O) groups excluding carboxylic acids is 1. The molecule has 8 heteroatoms. The molecule has 0 fully saturated rings. The molecule has 0 aliphatic heterocycles. The minimum Gasteiger partial charge on any atom is -0.363 e. The molecule has 0 amide bonds. The van der Waals surface area contributed by atoms with Crippen molar-refractivity contribution in [3.8, 4) is 0 Å². The van der Waals surface area contributed by atoms with Crippen LogP contribution in [0.5, 0.6) is 0 Å². The first-order chi connectivity index (χ1) is 12.5. The summed E-state index contributed by atoms with van der Waals surface area (Å²) in [6, 6.07) is 11.6. The van der Waals surface area contributed by atoms with Crippen molar-refractivity contribution < 1.29 is 9.53 Å². The minimum atomic E-state index is -1.37. The fraction of sp³-hybridized carbons (Fsp3) is 0.167. The summed E-state index contributed by atoms with van der Waals surface area (Å²) in [5, 5.41) is 5.34. The summed E-state index contributed by atoms with van der Waals surface area (Å²) < 4.78 is 7.29. The van der Waals surface area contributed by atoms with Gasteiger partial charge < -0.3 is 4.74 Å². The lowest BCUT2D eigenvalue weighted by molar-refractivity contribution is -0.0136. The van der Waals surface area contributed by atoms with Crippen LogP contribution in [-0.2, 0) is 16.9 Å². The van der Waals surface area contributed by atoms with Gasteiger partial charge in [-0.2, -0.15) is 5.10 Å². The molecule has 2 aromatic carbocycles. The molecule has 0 saturated carbocycles. The van der Waals surface area contributed by atoms with Crippen molar-refractivity contribution in [1.29, 1.82) is 0 Å². The molecule has 0 saturated heterocycles. The Hall–Kier alpha value is -1.92. The summed E-state index contributed by atoms with van der Waals surface area (Å²) in [6.07, 6.45) is 2.91. The van der Waals surface area contributed by atoms with E-state index in [1.54, 1.807) is 36.4 Å². The number of Topliss-reactive ketones (excluding diaryl/α,β-unsaturated/α-hetero) is 1. The Morgan fingerprint density at radius 2 is 1.81 bits per heavy atom. The number of hydrogen-bond donors (Lipinski definition) is 0. The topological polar surface area (TPSA) is 57.0 Å². The second kappa shape index (κ2) is 7.76. The monoisotopic (exact) mass is 409 g/mol. The Balaban J connectivity index is 2.15. The van der Waals surface area contributed by atoms with E-state index in [4.69, 9.17) is 39.5 Å². The van der Waals surface area contributed by atoms with E-state index in [0.717, 1.165) is 0 Å². The summed E-state index contributed by atoms with van der Waals surface area (Å²) in [5.41, 5.74) is -0.445. The van der Waals surface area contributed by atoms with Gasteiger partial charge in [-0.25, -0.2) is 9.67 Å². The van der Waals surface area contributed by atoms with Crippen LogP contribution >= 0.6 is 34.8 Å². The smallest absolute Gasteiger partial charge is 0.202 e. The fourth-order valence-electron chi connectivity index (χ4n) is 2.72. The second-order valence-corrected chi connectivity index (χ2v) is 6.86. The van der Waals surface area contributed by atoms with Crippen LogP contribution in [0, 0.1) is 0 Å². The van der Waals surface area contributed by atoms with Gasteiger partial charge in [0.2, 0.25) is 5.78 Å². The van der Waals surface area contributed by atoms with E-state index in [1.165, 1.54) is 30.5 Å². The highest BCUT2D eigenvalue weighted by Gasteiger charge is 2.42. The summed E-state index contributed by atoms with van der Waals surface area (Å²) in [6.45, 7) is 0.114. The van der Waals surface area contributed by atoms with Gasteiger partial charge in [-0.3, -0.25) is 4.79 Å². The number of ketones is 1. The van der Waals surface area contributed by atoms with Crippen LogP contribution in [0.15, 0.2) is 55.1 Å². The molecule has 0 aliphatic carbocycles. The maximum absolute atomic E-state index is 13.5. The van der Waals surface area contributed by atoms with Gasteiger partial charge in [0, 0.05) is 22.7 Å². The highest BCUT2D eigenvalue weighted by atomic mass is 35.5. The van der Waals surface area contributed by atoms with Gasteiger partial charge in [0.1, 0.15) is 12.7 Å². The van der Waals surface area contributed by atoms with Crippen LogP contribution in [-0.4, -0.2) is 27.7 Å². The molecule has 3 rings (SSSR count). The highest BCUT2D eigenvalue weighted by molar-refractivity contribution is 6.37. The molecule has 0 radical (unpaired) electrons. The SMILES string of the molecule is COC(Cn1cncn1)(C(=O)c1ccc(Cl)cc1Cl)c1ccc(Cl)cc1. The lowest BCUT2D eigenvalue weighted by Crippen LogP contribution is -2.42. The summed E-state index contributed by atoms with van der Waals surface area (Å²) in [5.74, 6) is -0.320. The van der Waals surface area contributed by atoms with Crippen LogP contribution in [0.1, 0.15) is 15.9 Å². The molecule has 5 nitrogen and oxygen atoms in total. The van der Waals surface area contributed by atoms with Gasteiger partial charge in [-0.1, -0.05) is 46.9 Å². The molecule has 1 unspecified atom stereocenters. The predicted octanol–water partition coefficient (Wildman–Crippen LogP) is 4.66. The second-order valence-electron chi connectivity index (χ2n) is 5.58. The minimum absolute atomic E-state index is 0.114. The van der Waals surface area contributed by atoms with Gasteiger partial charge in [-0.05, 0) is 35.9 Å². The first-order valence-electron chi connectivity index (χ1n) is 7.60. The van der Waals surface area contributed by atoms with Crippen molar-refractivity contribution >= 4 is 40.6 Å². The van der Waals surface area contributed by atoms with Crippen LogP contribution < -0.4 is 0 Å². The molecule has 1 atom stereocenters. The number of rotatable bonds is 6. The average Bonchev–Trinajstić information content (AvgIpc) is 3.13. The number of halogens is 3. The summed E-state index contributed by atoms with van der Waals surface area (Å²) >= 11 is 18.2. The molecular formula is C18H14Cl3N3O2. The maximum atomic E-state index is 13.5.